The van der Waals surface area contributed by atoms with Crippen molar-refractivity contribution < 1.29 is 60.2 Å². The van der Waals surface area contributed by atoms with Crippen molar-refractivity contribution in [3.63, 3.8) is 0 Å². The summed E-state index contributed by atoms with van der Waals surface area (Å²) in [5.74, 6) is 0. The molecule has 0 radical (unpaired) electrons. The molecule has 47 heavy (non-hydrogen) atoms. The Balaban J connectivity index is 2.61. The topological polar surface area (TPSA) is 27.7 Å². The first-order valence-corrected chi connectivity index (χ1v) is 27.8. The molecule has 3 nitrogen and oxygen atoms in total. The van der Waals surface area contributed by atoms with Gasteiger partial charge in [-0.3, -0.25) is 0 Å². The molecule has 0 amide bonds. The van der Waals surface area contributed by atoms with Crippen molar-refractivity contribution in [2.24, 2.45) is 0 Å². The molecule has 0 saturated heterocycles. The Bertz CT molecular complexity index is 1010. The van der Waals surface area contributed by atoms with Crippen molar-refractivity contribution in [2.75, 3.05) is 0 Å². The van der Waals surface area contributed by atoms with Gasteiger partial charge in [0.05, 0.1) is 0 Å². The first-order chi connectivity index (χ1) is 21.7. The van der Waals surface area contributed by atoms with Crippen LogP contribution in [0.15, 0.2) is 60.7 Å². The summed E-state index contributed by atoms with van der Waals surface area (Å²) in [7, 11) is 0. The fraction of sp³-hybridized carbons (Fsp3) is 0.600. The van der Waals surface area contributed by atoms with Crippen LogP contribution in [0.2, 0.25) is 17.7 Å². The van der Waals surface area contributed by atoms with Crippen LogP contribution >= 0.6 is 0 Å². The maximum absolute atomic E-state index is 13.3. The van der Waals surface area contributed by atoms with Crippen LogP contribution in [-0.2, 0) is 20.8 Å². The van der Waals surface area contributed by atoms with Gasteiger partial charge in [0, 0.05) is 0 Å². The average Bonchev–Trinajstić information content (AvgIpc) is 2.93. The minimum absolute atomic E-state index is 0.263. The third kappa shape index (κ3) is 19.8. The summed E-state index contributed by atoms with van der Waals surface area (Å²) in [6.07, 6.45) is -26.2. The van der Waals surface area contributed by atoms with Crippen LogP contribution in [0.25, 0.3) is 0 Å². The van der Waals surface area contributed by atoms with Crippen molar-refractivity contribution in [1.82, 2.24) is 0 Å². The molecule has 0 unspecified atom stereocenters. The van der Waals surface area contributed by atoms with E-state index in [1.54, 1.807) is 60.7 Å². The van der Waals surface area contributed by atoms with Gasteiger partial charge in [0.25, 0.3) is 0 Å². The van der Waals surface area contributed by atoms with Crippen molar-refractivity contribution in [3.05, 3.63) is 71.8 Å². The van der Waals surface area contributed by atoms with Crippen molar-refractivity contribution in [2.45, 2.75) is 107 Å². The van der Waals surface area contributed by atoms with Gasteiger partial charge in [0.1, 0.15) is 0 Å². The average molecular weight is 912 g/mol. The Morgan fingerprint density at radius 3 is 0.894 bits per heavy atom. The fourth-order valence-electron chi connectivity index (χ4n) is 4.95. The summed E-state index contributed by atoms with van der Waals surface area (Å²) in [5, 5.41) is 0. The Morgan fingerprint density at radius 1 is 0.404 bits per heavy atom. The van der Waals surface area contributed by atoms with Gasteiger partial charge < -0.3 is 0 Å². The Kier molecular flexibility index (Phi) is 17.0. The second-order valence-corrected chi connectivity index (χ2v) is 33.6. The zero-order valence-corrected chi connectivity index (χ0v) is 31.1. The van der Waals surface area contributed by atoms with E-state index >= 15 is 0 Å². The number of hydrogen-bond acceptors (Lipinski definition) is 3. The number of alkyl halides is 12. The standard InChI is InChI=1S/2C7H7O.4C4H6F3.O.2Sn/c2*8-6-7-4-2-1-3-5-7;4*1-2-3-4(5,6)7;;;/h2*1-5H,6H2;4*1-3H2;;;/q2*-1;;;;;;2*+1. The second-order valence-electron chi connectivity index (χ2n) is 11.3. The molecule has 0 spiro atoms. The van der Waals surface area contributed by atoms with Gasteiger partial charge in [0.15, 0.2) is 0 Å². The van der Waals surface area contributed by atoms with E-state index in [-0.39, 0.29) is 13.2 Å². The molecule has 17 heteroatoms. The molecule has 0 heterocycles. The quantitative estimate of drug-likeness (QED) is 0.0979. The van der Waals surface area contributed by atoms with Gasteiger partial charge in [-0.1, -0.05) is 0 Å². The zero-order chi connectivity index (χ0) is 35.2. The van der Waals surface area contributed by atoms with E-state index in [0.29, 0.717) is 11.1 Å². The predicted molar refractivity (Wildman–Crippen MR) is 155 cm³/mol. The van der Waals surface area contributed by atoms with Crippen LogP contribution in [-0.4, -0.2) is 63.1 Å². The normalized spacial score (nSPS) is 13.7. The number of benzene rings is 2. The summed E-state index contributed by atoms with van der Waals surface area (Å²) in [6.45, 7) is -0.526. The molecule has 2 aromatic carbocycles. The summed E-state index contributed by atoms with van der Waals surface area (Å²) >= 11 is -10.5. The molecule has 0 saturated carbocycles. The van der Waals surface area contributed by atoms with E-state index in [1.165, 1.54) is 0 Å². The number of hydrogen-bond donors (Lipinski definition) is 0. The molecule has 2 rings (SSSR count). The van der Waals surface area contributed by atoms with Crippen LogP contribution in [0.1, 0.15) is 62.5 Å². The van der Waals surface area contributed by atoms with Crippen molar-refractivity contribution in [3.8, 4) is 0 Å². The molecule has 0 aromatic heterocycles. The third-order valence-corrected chi connectivity index (χ3v) is 40.1. The van der Waals surface area contributed by atoms with Gasteiger partial charge in [-0.05, 0) is 0 Å². The molecular weight excluding hydrogens is 874 g/mol. The van der Waals surface area contributed by atoms with Gasteiger partial charge in [-0.2, -0.15) is 0 Å². The van der Waals surface area contributed by atoms with Crippen LogP contribution in [0, 0.1) is 0 Å². The summed E-state index contributed by atoms with van der Waals surface area (Å²) in [5.41, 5.74) is 1.04. The Hall–Kier alpha value is -0.923. The monoisotopic (exact) mass is 914 g/mol. The van der Waals surface area contributed by atoms with E-state index in [9.17, 15) is 52.7 Å². The maximum atomic E-state index is 13.3. The minimum atomic E-state index is -5.27. The first-order valence-electron chi connectivity index (χ1n) is 15.0. The van der Waals surface area contributed by atoms with Gasteiger partial charge in [0.2, 0.25) is 0 Å². The third-order valence-electron chi connectivity index (χ3n) is 7.13. The number of rotatable bonds is 20. The van der Waals surface area contributed by atoms with Gasteiger partial charge in [-0.25, -0.2) is 0 Å². The summed E-state index contributed by atoms with van der Waals surface area (Å²) in [6, 6.07) is 16.3. The van der Waals surface area contributed by atoms with E-state index < -0.39 is 132 Å². The molecule has 0 N–H and O–H groups in total. The zero-order valence-electron chi connectivity index (χ0n) is 25.4. The fourth-order valence-corrected chi connectivity index (χ4v) is 45.1. The van der Waals surface area contributed by atoms with Crippen molar-refractivity contribution in [1.29, 1.82) is 0 Å². The van der Waals surface area contributed by atoms with Crippen LogP contribution in [0.4, 0.5) is 52.7 Å². The molecule has 0 aliphatic rings. The van der Waals surface area contributed by atoms with Crippen LogP contribution in [0.5, 0.6) is 0 Å². The van der Waals surface area contributed by atoms with E-state index in [0.717, 1.165) is 0 Å². The molecule has 268 valence electrons. The molecule has 0 atom stereocenters. The summed E-state index contributed by atoms with van der Waals surface area (Å²) < 4.78 is 177. The predicted octanol–water partition coefficient (Wildman–Crippen LogP) is 11.7. The molecule has 0 aliphatic carbocycles. The van der Waals surface area contributed by atoms with Gasteiger partial charge >= 0.3 is 277 Å². The van der Waals surface area contributed by atoms with Crippen molar-refractivity contribution >= 4 is 38.4 Å². The SMILES string of the molecule is FC(F)(F)CC[CH2][Sn]([CH2]CCC(F)(F)F)([O]Cc1ccccc1)[O][Sn]([CH2]CCC(F)(F)F)([CH2]CCC(F)(F)F)[O]Cc1ccccc1. The molecule has 0 fully saturated rings. The molecular formula is C30H38F12O3Sn2. The van der Waals surface area contributed by atoms with Crippen LogP contribution < -0.4 is 0 Å². The Labute approximate surface area is 276 Å². The van der Waals surface area contributed by atoms with Crippen LogP contribution in [0.3, 0.4) is 0 Å². The van der Waals surface area contributed by atoms with E-state index in [2.05, 4.69) is 0 Å². The molecule has 0 bridgehead atoms. The van der Waals surface area contributed by atoms with E-state index in [4.69, 9.17) is 7.56 Å². The molecule has 0 aliphatic heterocycles. The molecule has 2 aromatic rings. The first kappa shape index (κ1) is 42.2. The Morgan fingerprint density at radius 2 is 0.660 bits per heavy atom. The van der Waals surface area contributed by atoms with E-state index in [1.807, 2.05) is 0 Å². The second kappa shape index (κ2) is 18.9. The van der Waals surface area contributed by atoms with Gasteiger partial charge in [-0.15, -0.1) is 0 Å². The number of halogens is 12. The summed E-state index contributed by atoms with van der Waals surface area (Å²) in [4.78, 5) is 0.